The van der Waals surface area contributed by atoms with Gasteiger partial charge in [-0.2, -0.15) is 0 Å². The molecule has 2 bridgehead atoms. The summed E-state index contributed by atoms with van der Waals surface area (Å²) >= 11 is 0. The van der Waals surface area contributed by atoms with Gasteiger partial charge >= 0.3 is 29.6 Å². The van der Waals surface area contributed by atoms with Crippen LogP contribution in [0.3, 0.4) is 0 Å². The summed E-state index contributed by atoms with van der Waals surface area (Å²) in [6.45, 7) is 2.23. The SMILES string of the molecule is CCCCCCCCCCCCC12C=CC(O1)C1C(=O)N(c3ccc(S(=O)(=O)[O-])cc3)C(=O)C12.[Na+]. The van der Waals surface area contributed by atoms with E-state index in [1.54, 1.807) is 0 Å². The van der Waals surface area contributed by atoms with Crippen LogP contribution in [0, 0.1) is 11.8 Å². The normalized spacial score (nSPS) is 26.9. The van der Waals surface area contributed by atoms with Gasteiger partial charge in [0.05, 0.1) is 34.1 Å². The minimum atomic E-state index is -4.60. The summed E-state index contributed by atoms with van der Waals surface area (Å²) in [7, 11) is -4.60. The van der Waals surface area contributed by atoms with E-state index in [0.29, 0.717) is 6.42 Å². The van der Waals surface area contributed by atoms with E-state index in [-0.39, 0.29) is 47.1 Å². The molecule has 1 aromatic rings. The van der Waals surface area contributed by atoms with Gasteiger partial charge < -0.3 is 9.29 Å². The first-order valence-electron chi connectivity index (χ1n) is 12.6. The van der Waals surface area contributed by atoms with E-state index >= 15 is 0 Å². The fourth-order valence-electron chi connectivity index (χ4n) is 5.70. The number of unbranched alkanes of at least 4 members (excludes halogenated alkanes) is 9. The van der Waals surface area contributed by atoms with Crippen LogP contribution in [0.25, 0.3) is 0 Å². The Labute approximate surface area is 230 Å². The smallest absolute Gasteiger partial charge is 0.744 e. The predicted molar refractivity (Wildman–Crippen MR) is 127 cm³/mol. The molecule has 4 atom stereocenters. The van der Waals surface area contributed by atoms with Crippen molar-refractivity contribution in [3.63, 3.8) is 0 Å². The molecule has 1 aromatic carbocycles. The zero-order chi connectivity index (χ0) is 24.3. The molecular formula is C26H34NNaO6S. The van der Waals surface area contributed by atoms with Gasteiger partial charge in [0.25, 0.3) is 0 Å². The Morgan fingerprint density at radius 3 is 2.06 bits per heavy atom. The molecule has 0 spiro atoms. The van der Waals surface area contributed by atoms with Gasteiger partial charge in [-0.05, 0) is 30.7 Å². The number of nitrogens with zero attached hydrogens (tertiary/aromatic N) is 1. The van der Waals surface area contributed by atoms with E-state index in [1.807, 2.05) is 12.2 Å². The van der Waals surface area contributed by atoms with Gasteiger partial charge in [0.1, 0.15) is 10.1 Å². The Morgan fingerprint density at radius 1 is 0.914 bits per heavy atom. The number of hydrogen-bond acceptors (Lipinski definition) is 6. The molecule has 35 heavy (non-hydrogen) atoms. The number of fused-ring (bicyclic) bond motifs is 5. The zero-order valence-corrected chi connectivity index (χ0v) is 23.6. The predicted octanol–water partition coefficient (Wildman–Crippen LogP) is 1.72. The Bertz CT molecular complexity index is 1040. The minimum Gasteiger partial charge on any atom is -0.744 e. The molecule has 186 valence electrons. The van der Waals surface area contributed by atoms with Crippen LogP contribution in [0.2, 0.25) is 0 Å². The molecule has 7 nitrogen and oxygen atoms in total. The van der Waals surface area contributed by atoms with Crippen LogP contribution in [-0.2, 0) is 24.4 Å². The molecule has 3 aliphatic rings. The van der Waals surface area contributed by atoms with Crippen molar-refractivity contribution in [2.75, 3.05) is 4.90 Å². The third-order valence-electron chi connectivity index (χ3n) is 7.46. The Hall–Kier alpha value is -1.03. The molecule has 4 unspecified atom stereocenters. The molecule has 2 fully saturated rings. The van der Waals surface area contributed by atoms with Crippen LogP contribution in [0.5, 0.6) is 0 Å². The number of amides is 2. The van der Waals surface area contributed by atoms with E-state index in [4.69, 9.17) is 4.74 Å². The maximum atomic E-state index is 13.4. The van der Waals surface area contributed by atoms with Crippen LogP contribution < -0.4 is 34.5 Å². The molecule has 0 N–H and O–H groups in total. The zero-order valence-electron chi connectivity index (χ0n) is 20.8. The molecule has 2 amide bonds. The van der Waals surface area contributed by atoms with Crippen molar-refractivity contribution in [3.8, 4) is 0 Å². The average molecular weight is 512 g/mol. The van der Waals surface area contributed by atoms with Crippen LogP contribution in [0.4, 0.5) is 5.69 Å². The number of carbonyl (C=O) groups excluding carboxylic acids is 2. The van der Waals surface area contributed by atoms with Crippen molar-refractivity contribution in [1.82, 2.24) is 0 Å². The molecule has 3 aliphatic heterocycles. The molecular weight excluding hydrogens is 477 g/mol. The van der Waals surface area contributed by atoms with Crippen molar-refractivity contribution >= 4 is 27.6 Å². The standard InChI is InChI=1S/C26H35NO6S.Na/c1-2-3-4-5-6-7-8-9-10-11-17-26-18-16-21(33-26)22-23(26)25(29)27(24(22)28)19-12-14-20(15-13-19)34(30,31)32;/h12-16,18,21-23H,2-11,17H2,1H3,(H,30,31,32);/q;+1/p-1. The van der Waals surface area contributed by atoms with Gasteiger partial charge in [-0.3, -0.25) is 9.59 Å². The molecule has 0 aromatic heterocycles. The van der Waals surface area contributed by atoms with Crippen LogP contribution in [0.15, 0.2) is 41.3 Å². The number of carbonyl (C=O) groups is 2. The fraction of sp³-hybridized carbons (Fsp3) is 0.615. The van der Waals surface area contributed by atoms with Crippen molar-refractivity contribution in [3.05, 3.63) is 36.4 Å². The van der Waals surface area contributed by atoms with Crippen LogP contribution >= 0.6 is 0 Å². The number of rotatable bonds is 13. The van der Waals surface area contributed by atoms with Crippen molar-refractivity contribution in [1.29, 1.82) is 0 Å². The first-order chi connectivity index (χ1) is 16.3. The van der Waals surface area contributed by atoms with Crippen molar-refractivity contribution in [2.45, 2.75) is 94.2 Å². The largest absolute Gasteiger partial charge is 1.00 e. The summed E-state index contributed by atoms with van der Waals surface area (Å²) in [6.07, 6.45) is 16.4. The number of hydrogen-bond donors (Lipinski definition) is 0. The van der Waals surface area contributed by atoms with Gasteiger partial charge in [0, 0.05) is 0 Å². The van der Waals surface area contributed by atoms with E-state index in [2.05, 4.69) is 6.92 Å². The Kier molecular flexibility index (Phi) is 9.79. The summed E-state index contributed by atoms with van der Waals surface area (Å²) in [5, 5.41) is 0. The minimum absolute atomic E-state index is 0. The van der Waals surface area contributed by atoms with E-state index < -0.39 is 38.6 Å². The second-order valence-corrected chi connectivity index (χ2v) is 11.2. The number of ether oxygens (including phenoxy) is 1. The van der Waals surface area contributed by atoms with Crippen LogP contribution in [-0.4, -0.2) is 36.5 Å². The molecule has 9 heteroatoms. The van der Waals surface area contributed by atoms with Crippen molar-refractivity contribution < 1.29 is 56.9 Å². The van der Waals surface area contributed by atoms with Gasteiger partial charge in [-0.15, -0.1) is 0 Å². The monoisotopic (exact) mass is 511 g/mol. The third-order valence-corrected chi connectivity index (χ3v) is 8.31. The second kappa shape index (κ2) is 12.0. The van der Waals surface area contributed by atoms with Gasteiger partial charge in [-0.25, -0.2) is 13.3 Å². The van der Waals surface area contributed by atoms with Gasteiger partial charge in [0.15, 0.2) is 0 Å². The molecule has 4 rings (SSSR count). The van der Waals surface area contributed by atoms with Gasteiger partial charge in [-0.1, -0.05) is 83.3 Å². The second-order valence-electron chi connectivity index (χ2n) is 9.79. The number of benzene rings is 1. The number of anilines is 1. The number of imide groups is 1. The van der Waals surface area contributed by atoms with E-state index in [1.165, 1.54) is 63.5 Å². The molecule has 3 heterocycles. The summed E-state index contributed by atoms with van der Waals surface area (Å²) in [6, 6.07) is 4.95. The van der Waals surface area contributed by atoms with Gasteiger partial charge in [0.2, 0.25) is 11.8 Å². The summed E-state index contributed by atoms with van der Waals surface area (Å²) < 4.78 is 39.8. The maximum absolute atomic E-state index is 13.4. The summed E-state index contributed by atoms with van der Waals surface area (Å²) in [4.78, 5) is 27.3. The topological polar surface area (TPSA) is 104 Å². The molecule has 2 saturated heterocycles. The molecule has 0 aliphatic carbocycles. The third kappa shape index (κ3) is 5.94. The first-order valence-corrected chi connectivity index (χ1v) is 14.0. The fourth-order valence-corrected chi connectivity index (χ4v) is 6.17. The average Bonchev–Trinajstić information content (AvgIpc) is 3.44. The van der Waals surface area contributed by atoms with Crippen LogP contribution in [0.1, 0.15) is 77.6 Å². The quantitative estimate of drug-likeness (QED) is 0.131. The van der Waals surface area contributed by atoms with E-state index in [0.717, 1.165) is 29.9 Å². The Morgan fingerprint density at radius 2 is 1.49 bits per heavy atom. The van der Waals surface area contributed by atoms with Crippen molar-refractivity contribution in [2.24, 2.45) is 11.8 Å². The summed E-state index contributed by atoms with van der Waals surface area (Å²) in [5.41, 5.74) is -0.458. The first kappa shape index (κ1) is 28.5. The maximum Gasteiger partial charge on any atom is 1.00 e. The Balaban J connectivity index is 0.00000342. The van der Waals surface area contributed by atoms with E-state index in [9.17, 15) is 22.6 Å². The molecule has 0 saturated carbocycles. The molecule has 0 radical (unpaired) electrons. The summed E-state index contributed by atoms with van der Waals surface area (Å²) in [5.74, 6) is -1.75.